The van der Waals surface area contributed by atoms with Crippen LogP contribution in [-0.2, 0) is 25.8 Å². The molecular formula is C13H14ClNO4. The molecule has 0 atom stereocenters. The summed E-state index contributed by atoms with van der Waals surface area (Å²) in [7, 11) is 0. The van der Waals surface area contributed by atoms with Gasteiger partial charge in [-0.15, -0.1) is 11.6 Å². The Balaban J connectivity index is 2.67. The molecule has 0 aliphatic heterocycles. The molecule has 0 heterocycles. The van der Waals surface area contributed by atoms with Crippen LogP contribution < -0.4 is 0 Å². The van der Waals surface area contributed by atoms with Gasteiger partial charge in [0.15, 0.2) is 0 Å². The van der Waals surface area contributed by atoms with Crippen molar-refractivity contribution < 1.29 is 19.2 Å². The van der Waals surface area contributed by atoms with E-state index in [-0.39, 0.29) is 19.1 Å². The predicted octanol–water partition coefficient (Wildman–Crippen LogP) is 1.93. The van der Waals surface area contributed by atoms with Gasteiger partial charge in [-0.2, -0.15) is 0 Å². The average Bonchev–Trinajstić information content (AvgIpc) is 2.44. The van der Waals surface area contributed by atoms with Crippen molar-refractivity contribution in [1.82, 2.24) is 0 Å². The molecule has 5 nitrogen and oxygen atoms in total. The molecule has 1 rings (SSSR count). The quantitative estimate of drug-likeness (QED) is 0.252. The van der Waals surface area contributed by atoms with E-state index >= 15 is 0 Å². The highest BCUT2D eigenvalue weighted by Crippen LogP contribution is 2.01. The van der Waals surface area contributed by atoms with Crippen LogP contribution >= 0.6 is 11.6 Å². The van der Waals surface area contributed by atoms with Crippen LogP contribution in [0.2, 0.25) is 0 Å². The molecule has 0 radical (unpaired) electrons. The van der Waals surface area contributed by atoms with E-state index in [1.54, 1.807) is 6.92 Å². The Morgan fingerprint density at radius 2 is 1.95 bits per heavy atom. The number of rotatable bonds is 7. The molecule has 0 N–H and O–H groups in total. The van der Waals surface area contributed by atoms with Gasteiger partial charge in [0, 0.05) is 0 Å². The van der Waals surface area contributed by atoms with E-state index in [4.69, 9.17) is 21.2 Å². The molecule has 0 fully saturated rings. The van der Waals surface area contributed by atoms with Crippen molar-refractivity contribution in [1.29, 1.82) is 0 Å². The number of Topliss-reactive ketones (excluding diaryl/α,β-unsaturated/α-hetero) is 1. The summed E-state index contributed by atoms with van der Waals surface area (Å²) in [6, 6.07) is 9.23. The molecule has 0 spiro atoms. The van der Waals surface area contributed by atoms with E-state index in [9.17, 15) is 9.59 Å². The summed E-state index contributed by atoms with van der Waals surface area (Å²) in [5.74, 6) is -1.82. The lowest BCUT2D eigenvalue weighted by atomic mass is 10.2. The maximum absolute atomic E-state index is 11.5. The standard InChI is InChI=1S/C13H14ClNO4/c1-2-18-13(17)12(11(16)8-14)15-19-9-10-6-4-3-5-7-10/h3-7H,2,8-9H2,1H3. The number of hydrogen-bond acceptors (Lipinski definition) is 5. The normalized spacial score (nSPS) is 10.9. The summed E-state index contributed by atoms with van der Waals surface area (Å²) in [6.07, 6.45) is 0. The van der Waals surface area contributed by atoms with Crippen molar-refractivity contribution in [3.63, 3.8) is 0 Å². The Hall–Kier alpha value is -1.88. The number of hydrogen-bond donors (Lipinski definition) is 0. The van der Waals surface area contributed by atoms with Gasteiger partial charge in [0.2, 0.25) is 11.5 Å². The van der Waals surface area contributed by atoms with Crippen molar-refractivity contribution in [2.75, 3.05) is 12.5 Å². The summed E-state index contributed by atoms with van der Waals surface area (Å²) in [5.41, 5.74) is 0.445. The molecule has 0 unspecified atom stereocenters. The first kappa shape index (κ1) is 15.2. The van der Waals surface area contributed by atoms with E-state index in [2.05, 4.69) is 5.16 Å². The van der Waals surface area contributed by atoms with Crippen LogP contribution in [0.25, 0.3) is 0 Å². The van der Waals surface area contributed by atoms with Crippen molar-refractivity contribution in [2.45, 2.75) is 13.5 Å². The highest BCUT2D eigenvalue weighted by molar-refractivity contribution is 6.67. The minimum Gasteiger partial charge on any atom is -0.461 e. The van der Waals surface area contributed by atoms with Crippen LogP contribution in [0.3, 0.4) is 0 Å². The lowest BCUT2D eigenvalue weighted by Crippen LogP contribution is -2.27. The molecule has 19 heavy (non-hydrogen) atoms. The lowest BCUT2D eigenvalue weighted by molar-refractivity contribution is -0.136. The fourth-order valence-electron chi connectivity index (χ4n) is 1.21. The van der Waals surface area contributed by atoms with E-state index in [0.717, 1.165) is 5.56 Å². The van der Waals surface area contributed by atoms with Crippen molar-refractivity contribution in [3.8, 4) is 0 Å². The third-order valence-corrected chi connectivity index (χ3v) is 2.33. The topological polar surface area (TPSA) is 65.0 Å². The molecule has 0 aromatic heterocycles. The number of oxime groups is 1. The number of ketones is 1. The molecule has 0 saturated heterocycles. The molecule has 0 aliphatic carbocycles. The zero-order valence-electron chi connectivity index (χ0n) is 10.5. The molecular weight excluding hydrogens is 270 g/mol. The van der Waals surface area contributed by atoms with Crippen LogP contribution in [0, 0.1) is 0 Å². The Bertz CT molecular complexity index is 459. The first-order valence-corrected chi connectivity index (χ1v) is 6.22. The molecule has 1 aromatic carbocycles. The number of alkyl halides is 1. The van der Waals surface area contributed by atoms with Gasteiger partial charge in [-0.1, -0.05) is 35.5 Å². The molecule has 6 heteroatoms. The first-order valence-electron chi connectivity index (χ1n) is 5.69. The summed E-state index contributed by atoms with van der Waals surface area (Å²) >= 11 is 5.39. The van der Waals surface area contributed by atoms with Crippen LogP contribution in [0.15, 0.2) is 35.5 Å². The number of nitrogens with zero attached hydrogens (tertiary/aromatic N) is 1. The Morgan fingerprint density at radius 3 is 2.53 bits per heavy atom. The second-order valence-corrected chi connectivity index (χ2v) is 3.74. The van der Waals surface area contributed by atoms with E-state index in [1.165, 1.54) is 0 Å². The summed E-state index contributed by atoms with van der Waals surface area (Å²) < 4.78 is 4.70. The van der Waals surface area contributed by atoms with Gasteiger partial charge >= 0.3 is 5.97 Å². The summed E-state index contributed by atoms with van der Waals surface area (Å²) in [4.78, 5) is 27.9. The van der Waals surface area contributed by atoms with Crippen LogP contribution in [-0.4, -0.2) is 30.0 Å². The first-order chi connectivity index (χ1) is 9.19. The Labute approximate surface area is 116 Å². The van der Waals surface area contributed by atoms with Gasteiger partial charge < -0.3 is 9.57 Å². The Morgan fingerprint density at radius 1 is 1.26 bits per heavy atom. The highest BCUT2D eigenvalue weighted by Gasteiger charge is 2.21. The van der Waals surface area contributed by atoms with Crippen LogP contribution in [0.4, 0.5) is 0 Å². The SMILES string of the molecule is CCOC(=O)C(=NOCc1ccccc1)C(=O)CCl. The summed E-state index contributed by atoms with van der Waals surface area (Å²) in [6.45, 7) is 1.93. The number of carbonyl (C=O) groups excluding carboxylic acids is 2. The average molecular weight is 284 g/mol. The largest absolute Gasteiger partial charge is 0.461 e. The molecule has 0 saturated carbocycles. The second-order valence-electron chi connectivity index (χ2n) is 3.48. The Kier molecular flexibility index (Phi) is 6.60. The zero-order valence-corrected chi connectivity index (χ0v) is 11.2. The number of carbonyl (C=O) groups is 2. The molecule has 1 aromatic rings. The minimum absolute atomic E-state index is 0.145. The van der Waals surface area contributed by atoms with E-state index in [1.807, 2.05) is 30.3 Å². The van der Waals surface area contributed by atoms with Gasteiger partial charge in [0.25, 0.3) is 0 Å². The van der Waals surface area contributed by atoms with E-state index in [0.29, 0.717) is 0 Å². The number of ether oxygens (including phenoxy) is 1. The predicted molar refractivity (Wildman–Crippen MR) is 71.0 cm³/mol. The second kappa shape index (κ2) is 8.26. The molecule has 102 valence electrons. The van der Waals surface area contributed by atoms with Gasteiger partial charge in [0.05, 0.1) is 12.5 Å². The van der Waals surface area contributed by atoms with Crippen molar-refractivity contribution >= 4 is 29.1 Å². The number of benzene rings is 1. The summed E-state index contributed by atoms with van der Waals surface area (Å²) in [5, 5.41) is 3.52. The van der Waals surface area contributed by atoms with E-state index < -0.39 is 17.5 Å². The van der Waals surface area contributed by atoms with Crippen molar-refractivity contribution in [3.05, 3.63) is 35.9 Å². The van der Waals surface area contributed by atoms with Crippen LogP contribution in [0.5, 0.6) is 0 Å². The van der Waals surface area contributed by atoms with Gasteiger partial charge in [-0.05, 0) is 12.5 Å². The van der Waals surface area contributed by atoms with Gasteiger partial charge in [-0.3, -0.25) is 4.79 Å². The van der Waals surface area contributed by atoms with Crippen molar-refractivity contribution in [2.24, 2.45) is 5.16 Å². The van der Waals surface area contributed by atoms with Crippen LogP contribution in [0.1, 0.15) is 12.5 Å². The third kappa shape index (κ3) is 5.09. The maximum atomic E-state index is 11.5. The number of halogens is 1. The van der Waals surface area contributed by atoms with Gasteiger partial charge in [-0.25, -0.2) is 4.79 Å². The molecule has 0 aliphatic rings. The smallest absolute Gasteiger partial charge is 0.364 e. The molecule has 0 bridgehead atoms. The molecule has 0 amide bonds. The zero-order chi connectivity index (χ0) is 14.1. The lowest BCUT2D eigenvalue weighted by Gasteiger charge is -2.04. The monoisotopic (exact) mass is 283 g/mol. The fourth-order valence-corrected chi connectivity index (χ4v) is 1.34. The number of esters is 1. The van der Waals surface area contributed by atoms with Gasteiger partial charge in [0.1, 0.15) is 6.61 Å². The fraction of sp³-hybridized carbons (Fsp3) is 0.308. The third-order valence-electron chi connectivity index (χ3n) is 2.08. The maximum Gasteiger partial charge on any atom is 0.364 e. The minimum atomic E-state index is -0.832. The highest BCUT2D eigenvalue weighted by atomic mass is 35.5.